The predicted octanol–water partition coefficient (Wildman–Crippen LogP) is 2.82. The van der Waals surface area contributed by atoms with Gasteiger partial charge >= 0.3 is 6.18 Å². The monoisotopic (exact) mass is 361 g/mol. The molecule has 1 aromatic carbocycles. The van der Waals surface area contributed by atoms with Crippen molar-refractivity contribution in [2.45, 2.75) is 31.9 Å². The highest BCUT2D eigenvalue weighted by Crippen LogP contribution is 2.35. The predicted molar refractivity (Wildman–Crippen MR) is 85.0 cm³/mol. The van der Waals surface area contributed by atoms with E-state index >= 15 is 0 Å². The maximum Gasteiger partial charge on any atom is 0.411 e. The molecular formula is C17H22F3NO4. The summed E-state index contributed by atoms with van der Waals surface area (Å²) >= 11 is 0. The molecule has 8 heteroatoms. The van der Waals surface area contributed by atoms with Gasteiger partial charge in [0.2, 0.25) is 5.91 Å². The molecule has 0 atom stereocenters. The van der Waals surface area contributed by atoms with E-state index in [0.717, 1.165) is 5.56 Å². The molecule has 1 aliphatic heterocycles. The summed E-state index contributed by atoms with van der Waals surface area (Å²) in [5, 5.41) is 2.73. The van der Waals surface area contributed by atoms with Crippen LogP contribution in [-0.2, 0) is 14.9 Å². The number of ether oxygens (including phenoxy) is 3. The highest BCUT2D eigenvalue weighted by atomic mass is 19.4. The van der Waals surface area contributed by atoms with E-state index in [-0.39, 0.29) is 19.1 Å². The topological polar surface area (TPSA) is 56.8 Å². The van der Waals surface area contributed by atoms with Gasteiger partial charge in [0.25, 0.3) is 0 Å². The highest BCUT2D eigenvalue weighted by molar-refractivity contribution is 5.87. The van der Waals surface area contributed by atoms with E-state index in [1.807, 2.05) is 0 Å². The number of hydrogen-bond acceptors (Lipinski definition) is 4. The van der Waals surface area contributed by atoms with Gasteiger partial charge in [0.1, 0.15) is 19.8 Å². The van der Waals surface area contributed by atoms with Crippen molar-refractivity contribution in [3.8, 4) is 11.5 Å². The van der Waals surface area contributed by atoms with Crippen molar-refractivity contribution in [1.29, 1.82) is 0 Å². The first-order valence-electron chi connectivity index (χ1n) is 8.03. The molecule has 0 aromatic heterocycles. The molecule has 1 aromatic rings. The minimum atomic E-state index is -4.33. The molecule has 1 N–H and O–H groups in total. The number of rotatable bonds is 7. The van der Waals surface area contributed by atoms with E-state index in [0.29, 0.717) is 31.1 Å². The average molecular weight is 361 g/mol. The first-order valence-corrected chi connectivity index (χ1v) is 8.03. The smallest absolute Gasteiger partial charge is 0.411 e. The van der Waals surface area contributed by atoms with E-state index < -0.39 is 18.2 Å². The Bertz CT molecular complexity index is 602. The SMILES string of the molecule is CC(C)(C(=O)NCCCOCC(F)(F)F)c1ccc2c(c1)OCCO2. The van der Waals surface area contributed by atoms with Crippen molar-refractivity contribution in [3.05, 3.63) is 23.8 Å². The van der Waals surface area contributed by atoms with Crippen LogP contribution in [0.15, 0.2) is 18.2 Å². The van der Waals surface area contributed by atoms with Gasteiger partial charge in [-0.15, -0.1) is 0 Å². The van der Waals surface area contributed by atoms with Crippen LogP contribution in [-0.4, -0.2) is 45.1 Å². The molecule has 0 bridgehead atoms. The molecule has 0 spiro atoms. The number of nitrogens with one attached hydrogen (secondary N) is 1. The Labute approximate surface area is 144 Å². The zero-order valence-corrected chi connectivity index (χ0v) is 14.2. The Morgan fingerprint density at radius 3 is 2.56 bits per heavy atom. The summed E-state index contributed by atoms with van der Waals surface area (Å²) < 4.78 is 51.3. The van der Waals surface area contributed by atoms with Gasteiger partial charge in [0.05, 0.1) is 5.41 Å². The number of benzene rings is 1. The Hall–Kier alpha value is -1.96. The van der Waals surface area contributed by atoms with Gasteiger partial charge in [0, 0.05) is 13.2 Å². The minimum absolute atomic E-state index is 0.0652. The largest absolute Gasteiger partial charge is 0.486 e. The van der Waals surface area contributed by atoms with Gasteiger partial charge in [-0.3, -0.25) is 4.79 Å². The molecule has 0 saturated heterocycles. The number of carbonyl (C=O) groups excluding carboxylic acids is 1. The van der Waals surface area contributed by atoms with Crippen LogP contribution in [0.25, 0.3) is 0 Å². The number of hydrogen-bond donors (Lipinski definition) is 1. The molecule has 1 heterocycles. The fourth-order valence-electron chi connectivity index (χ4n) is 2.35. The van der Waals surface area contributed by atoms with E-state index in [1.54, 1.807) is 32.0 Å². The van der Waals surface area contributed by atoms with Crippen LogP contribution >= 0.6 is 0 Å². The molecule has 140 valence electrons. The maximum absolute atomic E-state index is 12.4. The van der Waals surface area contributed by atoms with Crippen molar-refractivity contribution in [2.75, 3.05) is 33.0 Å². The number of amides is 1. The Morgan fingerprint density at radius 2 is 1.88 bits per heavy atom. The molecule has 5 nitrogen and oxygen atoms in total. The first kappa shape index (κ1) is 19.4. The van der Waals surface area contributed by atoms with E-state index in [4.69, 9.17) is 9.47 Å². The third-order valence-electron chi connectivity index (χ3n) is 3.85. The second-order valence-corrected chi connectivity index (χ2v) is 6.26. The summed E-state index contributed by atoms with van der Waals surface area (Å²) in [4.78, 5) is 12.4. The third-order valence-corrected chi connectivity index (χ3v) is 3.85. The maximum atomic E-state index is 12.4. The molecule has 25 heavy (non-hydrogen) atoms. The van der Waals surface area contributed by atoms with Gasteiger partial charge < -0.3 is 19.5 Å². The zero-order valence-electron chi connectivity index (χ0n) is 14.2. The van der Waals surface area contributed by atoms with Gasteiger partial charge in [0.15, 0.2) is 11.5 Å². The lowest BCUT2D eigenvalue weighted by molar-refractivity contribution is -0.174. The normalized spacial score (nSPS) is 14.3. The summed E-state index contributed by atoms with van der Waals surface area (Å²) in [5.41, 5.74) is -0.0505. The first-order chi connectivity index (χ1) is 11.7. The number of alkyl halides is 3. The standard InChI is InChI=1S/C17H22F3NO4/c1-16(2,12-4-5-13-14(10-12)25-9-8-24-13)15(22)21-6-3-7-23-11-17(18,19)20/h4-5,10H,3,6-9,11H2,1-2H3,(H,21,22). The summed E-state index contributed by atoms with van der Waals surface area (Å²) in [5.74, 6) is 1.03. The highest BCUT2D eigenvalue weighted by Gasteiger charge is 2.31. The van der Waals surface area contributed by atoms with Crippen LogP contribution in [0.2, 0.25) is 0 Å². The molecule has 0 unspecified atom stereocenters. The molecule has 0 fully saturated rings. The molecule has 0 aliphatic carbocycles. The van der Waals surface area contributed by atoms with Crippen LogP contribution in [0, 0.1) is 0 Å². The Kier molecular flexibility index (Phi) is 6.16. The number of fused-ring (bicyclic) bond motifs is 1. The van der Waals surface area contributed by atoms with Crippen LogP contribution in [0.5, 0.6) is 11.5 Å². The van der Waals surface area contributed by atoms with Crippen LogP contribution < -0.4 is 14.8 Å². The van der Waals surface area contributed by atoms with Crippen molar-refractivity contribution in [2.24, 2.45) is 0 Å². The van der Waals surface area contributed by atoms with Crippen molar-refractivity contribution >= 4 is 5.91 Å². The molecule has 1 amide bonds. The number of carbonyl (C=O) groups is 1. The average Bonchev–Trinajstić information content (AvgIpc) is 2.56. The number of halogens is 3. The van der Waals surface area contributed by atoms with Crippen molar-refractivity contribution in [1.82, 2.24) is 5.32 Å². The summed E-state index contributed by atoms with van der Waals surface area (Å²) in [6, 6.07) is 5.35. The summed E-state index contributed by atoms with van der Waals surface area (Å²) in [6.07, 6.45) is -4.03. The Morgan fingerprint density at radius 1 is 1.20 bits per heavy atom. The van der Waals surface area contributed by atoms with Gasteiger partial charge in [-0.25, -0.2) is 0 Å². The zero-order chi connectivity index (χ0) is 18.5. The van der Waals surface area contributed by atoms with Crippen LogP contribution in [0.4, 0.5) is 13.2 Å². The lowest BCUT2D eigenvalue weighted by Crippen LogP contribution is -2.40. The quantitative estimate of drug-likeness (QED) is 0.759. The molecule has 1 aliphatic rings. The minimum Gasteiger partial charge on any atom is -0.486 e. The Balaban J connectivity index is 1.83. The van der Waals surface area contributed by atoms with Gasteiger partial charge in [-0.1, -0.05) is 6.07 Å². The lowest BCUT2D eigenvalue weighted by atomic mass is 9.83. The molecular weight excluding hydrogens is 339 g/mol. The van der Waals surface area contributed by atoms with Crippen molar-refractivity contribution < 1.29 is 32.2 Å². The fourth-order valence-corrected chi connectivity index (χ4v) is 2.35. The van der Waals surface area contributed by atoms with Crippen LogP contribution in [0.3, 0.4) is 0 Å². The summed E-state index contributed by atoms with van der Waals surface area (Å²) in [6.45, 7) is 3.40. The molecule has 0 radical (unpaired) electrons. The summed E-state index contributed by atoms with van der Waals surface area (Å²) in [7, 11) is 0. The van der Waals surface area contributed by atoms with Gasteiger partial charge in [-0.2, -0.15) is 13.2 Å². The van der Waals surface area contributed by atoms with Gasteiger partial charge in [-0.05, 0) is 38.0 Å². The second-order valence-electron chi connectivity index (χ2n) is 6.26. The fraction of sp³-hybridized carbons (Fsp3) is 0.588. The van der Waals surface area contributed by atoms with E-state index in [2.05, 4.69) is 10.1 Å². The van der Waals surface area contributed by atoms with Crippen LogP contribution in [0.1, 0.15) is 25.8 Å². The van der Waals surface area contributed by atoms with Crippen molar-refractivity contribution in [3.63, 3.8) is 0 Å². The third kappa shape index (κ3) is 5.52. The molecule has 0 saturated carbocycles. The molecule has 2 rings (SSSR count). The lowest BCUT2D eigenvalue weighted by Gasteiger charge is -2.26. The van der Waals surface area contributed by atoms with E-state index in [1.165, 1.54) is 0 Å². The van der Waals surface area contributed by atoms with E-state index in [9.17, 15) is 18.0 Å². The second kappa shape index (κ2) is 7.95.